The number of rotatable bonds is 6. The third kappa shape index (κ3) is 4.52. The molecule has 0 spiro atoms. The van der Waals surface area contributed by atoms with E-state index in [-0.39, 0.29) is 11.7 Å². The van der Waals surface area contributed by atoms with Gasteiger partial charge in [-0.15, -0.1) is 0 Å². The summed E-state index contributed by atoms with van der Waals surface area (Å²) < 4.78 is 5.31. The van der Waals surface area contributed by atoms with Crippen LogP contribution in [-0.2, 0) is 17.6 Å². The molecular weight excluding hydrogens is 224 g/mol. The Kier molecular flexibility index (Phi) is 5.39. The molecule has 0 aliphatic rings. The molecule has 0 heterocycles. The molecule has 0 atom stereocenters. The maximum Gasteiger partial charge on any atom is 0.139 e. The maximum atomic E-state index is 11.8. The van der Waals surface area contributed by atoms with Gasteiger partial charge in [0.05, 0.1) is 7.11 Å². The molecule has 0 aliphatic heterocycles. The van der Waals surface area contributed by atoms with Gasteiger partial charge in [-0.25, -0.2) is 0 Å². The van der Waals surface area contributed by atoms with Crippen LogP contribution in [0.2, 0.25) is 0 Å². The lowest BCUT2D eigenvalue weighted by Crippen LogP contribution is -2.10. The lowest BCUT2D eigenvalue weighted by atomic mass is 9.96. The van der Waals surface area contributed by atoms with Crippen LogP contribution in [-0.4, -0.2) is 12.9 Å². The van der Waals surface area contributed by atoms with Crippen molar-refractivity contribution in [1.82, 2.24) is 0 Å². The fraction of sp³-hybridized carbons (Fsp3) is 0.562. The van der Waals surface area contributed by atoms with Gasteiger partial charge in [0.15, 0.2) is 0 Å². The molecular formula is C16H24O2. The Hall–Kier alpha value is -1.31. The summed E-state index contributed by atoms with van der Waals surface area (Å²) >= 11 is 0. The lowest BCUT2D eigenvalue weighted by molar-refractivity contribution is -0.121. The van der Waals surface area contributed by atoms with Gasteiger partial charge in [0.1, 0.15) is 11.5 Å². The van der Waals surface area contributed by atoms with Crippen molar-refractivity contribution in [2.24, 2.45) is 11.8 Å². The summed E-state index contributed by atoms with van der Waals surface area (Å²) in [6.45, 7) is 8.27. The number of carbonyl (C=O) groups excluding carboxylic acids is 1. The van der Waals surface area contributed by atoms with Crippen LogP contribution in [0.25, 0.3) is 0 Å². The van der Waals surface area contributed by atoms with Crippen LogP contribution in [0.4, 0.5) is 0 Å². The Morgan fingerprint density at radius 1 is 1.11 bits per heavy atom. The number of ketones is 1. The van der Waals surface area contributed by atoms with Gasteiger partial charge in [-0.1, -0.05) is 33.8 Å². The van der Waals surface area contributed by atoms with E-state index in [0.29, 0.717) is 12.3 Å². The average Bonchev–Trinajstić information content (AvgIpc) is 2.27. The highest BCUT2D eigenvalue weighted by atomic mass is 16.5. The molecule has 0 N–H and O–H groups in total. The highest BCUT2D eigenvalue weighted by Crippen LogP contribution is 2.20. The van der Waals surface area contributed by atoms with E-state index in [2.05, 4.69) is 26.0 Å². The summed E-state index contributed by atoms with van der Waals surface area (Å²) in [6, 6.07) is 6.15. The quantitative estimate of drug-likeness (QED) is 0.768. The molecule has 0 saturated carbocycles. The normalized spacial score (nSPS) is 11.1. The smallest absolute Gasteiger partial charge is 0.139 e. The molecule has 0 fully saturated rings. The molecule has 100 valence electrons. The Morgan fingerprint density at radius 2 is 1.72 bits per heavy atom. The second kappa shape index (κ2) is 6.58. The topological polar surface area (TPSA) is 26.3 Å². The SMILES string of the molecule is COc1cc(CC(=O)C(C)C)cc(CC(C)C)c1. The molecule has 0 aliphatic carbocycles. The molecule has 0 bridgehead atoms. The average molecular weight is 248 g/mol. The molecule has 1 rings (SSSR count). The highest BCUT2D eigenvalue weighted by Gasteiger charge is 2.10. The standard InChI is InChI=1S/C16H24O2/c1-11(2)6-13-7-14(9-15(8-13)18-5)10-16(17)12(3)4/h7-9,11-12H,6,10H2,1-5H3. The van der Waals surface area contributed by atoms with Crippen molar-refractivity contribution in [3.8, 4) is 5.75 Å². The number of ether oxygens (including phenoxy) is 1. The van der Waals surface area contributed by atoms with Crippen LogP contribution in [0.3, 0.4) is 0 Å². The number of hydrogen-bond donors (Lipinski definition) is 0. The zero-order valence-electron chi connectivity index (χ0n) is 12.1. The van der Waals surface area contributed by atoms with Gasteiger partial charge in [-0.3, -0.25) is 4.79 Å². The Bertz CT molecular complexity index is 406. The monoisotopic (exact) mass is 248 g/mol. The first-order chi connectivity index (χ1) is 8.42. The van der Waals surface area contributed by atoms with E-state index in [0.717, 1.165) is 17.7 Å². The second-order valence-corrected chi connectivity index (χ2v) is 5.59. The predicted molar refractivity (Wildman–Crippen MR) is 75.1 cm³/mol. The maximum absolute atomic E-state index is 11.8. The van der Waals surface area contributed by atoms with E-state index in [9.17, 15) is 4.79 Å². The molecule has 1 aromatic rings. The molecule has 0 unspecified atom stereocenters. The summed E-state index contributed by atoms with van der Waals surface area (Å²) in [7, 11) is 1.67. The zero-order chi connectivity index (χ0) is 13.7. The van der Waals surface area contributed by atoms with Gasteiger partial charge in [0.2, 0.25) is 0 Å². The Morgan fingerprint density at radius 3 is 2.22 bits per heavy atom. The van der Waals surface area contributed by atoms with Gasteiger partial charge in [0.25, 0.3) is 0 Å². The lowest BCUT2D eigenvalue weighted by Gasteiger charge is -2.11. The van der Waals surface area contributed by atoms with Crippen LogP contribution < -0.4 is 4.74 Å². The van der Waals surface area contributed by atoms with Crippen molar-refractivity contribution >= 4 is 5.78 Å². The number of benzene rings is 1. The number of methoxy groups -OCH3 is 1. The molecule has 2 heteroatoms. The molecule has 2 nitrogen and oxygen atoms in total. The van der Waals surface area contributed by atoms with Gasteiger partial charge in [-0.2, -0.15) is 0 Å². The van der Waals surface area contributed by atoms with Crippen molar-refractivity contribution < 1.29 is 9.53 Å². The van der Waals surface area contributed by atoms with Gasteiger partial charge in [0, 0.05) is 12.3 Å². The van der Waals surface area contributed by atoms with E-state index in [1.165, 1.54) is 5.56 Å². The van der Waals surface area contributed by atoms with E-state index in [1.807, 2.05) is 19.9 Å². The van der Waals surface area contributed by atoms with E-state index in [1.54, 1.807) is 7.11 Å². The first-order valence-corrected chi connectivity index (χ1v) is 6.62. The van der Waals surface area contributed by atoms with Crippen molar-refractivity contribution in [2.45, 2.75) is 40.5 Å². The van der Waals surface area contributed by atoms with Gasteiger partial charge >= 0.3 is 0 Å². The summed E-state index contributed by atoms with van der Waals surface area (Å²) in [4.78, 5) is 11.8. The highest BCUT2D eigenvalue weighted by molar-refractivity contribution is 5.82. The molecule has 0 amide bonds. The van der Waals surface area contributed by atoms with Crippen molar-refractivity contribution in [3.05, 3.63) is 29.3 Å². The molecule has 18 heavy (non-hydrogen) atoms. The first-order valence-electron chi connectivity index (χ1n) is 6.62. The molecule has 0 saturated heterocycles. The predicted octanol–water partition coefficient (Wildman–Crippen LogP) is 3.66. The Labute approximate surface area is 110 Å². The van der Waals surface area contributed by atoms with Crippen molar-refractivity contribution in [2.75, 3.05) is 7.11 Å². The van der Waals surface area contributed by atoms with E-state index < -0.39 is 0 Å². The first kappa shape index (κ1) is 14.7. The van der Waals surface area contributed by atoms with Crippen LogP contribution in [0.15, 0.2) is 18.2 Å². The van der Waals surface area contributed by atoms with Crippen molar-refractivity contribution in [1.29, 1.82) is 0 Å². The minimum atomic E-state index is 0.0877. The van der Waals surface area contributed by atoms with E-state index in [4.69, 9.17) is 4.74 Å². The molecule has 0 radical (unpaired) electrons. The van der Waals surface area contributed by atoms with Gasteiger partial charge in [-0.05, 0) is 35.6 Å². The second-order valence-electron chi connectivity index (χ2n) is 5.59. The molecule has 0 aromatic heterocycles. The zero-order valence-corrected chi connectivity index (χ0v) is 12.1. The fourth-order valence-electron chi connectivity index (χ4n) is 1.94. The number of hydrogen-bond acceptors (Lipinski definition) is 2. The third-order valence-corrected chi connectivity index (χ3v) is 2.93. The summed E-state index contributed by atoms with van der Waals surface area (Å²) in [5, 5.41) is 0. The van der Waals surface area contributed by atoms with E-state index >= 15 is 0 Å². The van der Waals surface area contributed by atoms with Crippen molar-refractivity contribution in [3.63, 3.8) is 0 Å². The summed E-state index contributed by atoms with van der Waals surface area (Å²) in [5.74, 6) is 1.81. The third-order valence-electron chi connectivity index (χ3n) is 2.93. The minimum absolute atomic E-state index is 0.0877. The van der Waals surface area contributed by atoms with Crippen LogP contribution >= 0.6 is 0 Å². The minimum Gasteiger partial charge on any atom is -0.497 e. The van der Waals surface area contributed by atoms with Crippen LogP contribution in [0.1, 0.15) is 38.8 Å². The molecule has 1 aromatic carbocycles. The Balaban J connectivity index is 2.93. The fourth-order valence-corrected chi connectivity index (χ4v) is 1.94. The largest absolute Gasteiger partial charge is 0.497 e. The van der Waals surface area contributed by atoms with Crippen LogP contribution in [0.5, 0.6) is 5.75 Å². The summed E-state index contributed by atoms with van der Waals surface area (Å²) in [6.07, 6.45) is 1.51. The number of carbonyl (C=O) groups is 1. The summed E-state index contributed by atoms with van der Waals surface area (Å²) in [5.41, 5.74) is 2.31. The number of Topliss-reactive ketones (excluding diaryl/α,β-unsaturated/α-hetero) is 1. The van der Waals surface area contributed by atoms with Crippen LogP contribution in [0, 0.1) is 11.8 Å². The van der Waals surface area contributed by atoms with Gasteiger partial charge < -0.3 is 4.74 Å².